The topological polar surface area (TPSA) is 61.8 Å². The zero-order valence-corrected chi connectivity index (χ0v) is 16.4. The van der Waals surface area contributed by atoms with E-state index in [-0.39, 0.29) is 17.1 Å². The summed E-state index contributed by atoms with van der Waals surface area (Å²) in [6.45, 7) is 0. The summed E-state index contributed by atoms with van der Waals surface area (Å²) < 4.78 is 29.2. The molecule has 6 heteroatoms. The van der Waals surface area contributed by atoms with E-state index in [1.807, 2.05) is 0 Å². The molecule has 5 nitrogen and oxygen atoms in total. The second kappa shape index (κ2) is 9.52. The van der Waals surface area contributed by atoms with Crippen LogP contribution in [0.15, 0.2) is 72.8 Å². The number of rotatable bonds is 7. The van der Waals surface area contributed by atoms with Gasteiger partial charge in [-0.3, -0.25) is 4.79 Å². The third kappa shape index (κ3) is 4.91. The molecular formula is C24H19FO5. The van der Waals surface area contributed by atoms with Gasteiger partial charge >= 0.3 is 5.97 Å². The minimum Gasteiger partial charge on any atom is -0.493 e. The van der Waals surface area contributed by atoms with Crippen LogP contribution < -0.4 is 14.2 Å². The Bertz CT molecular complexity index is 1090. The Morgan fingerprint density at radius 1 is 0.867 bits per heavy atom. The van der Waals surface area contributed by atoms with Gasteiger partial charge in [-0.25, -0.2) is 9.18 Å². The number of esters is 1. The minimum absolute atomic E-state index is 0.157. The van der Waals surface area contributed by atoms with Crippen LogP contribution in [0.2, 0.25) is 0 Å². The van der Waals surface area contributed by atoms with Gasteiger partial charge in [-0.1, -0.05) is 24.3 Å². The number of hydrogen-bond donors (Lipinski definition) is 0. The van der Waals surface area contributed by atoms with Gasteiger partial charge in [0, 0.05) is 5.56 Å². The second-order valence-electron chi connectivity index (χ2n) is 6.21. The molecule has 0 saturated heterocycles. The van der Waals surface area contributed by atoms with Gasteiger partial charge in [0.15, 0.2) is 17.3 Å². The zero-order valence-electron chi connectivity index (χ0n) is 16.4. The number of carbonyl (C=O) groups excluding carboxylic acids is 2. The highest BCUT2D eigenvalue weighted by Crippen LogP contribution is 2.28. The SMILES string of the molecule is COc1ccc(/C=C/C(=O)c2ccc(OC(=O)c3ccccc3F)cc2)cc1OC. The fraction of sp³-hybridized carbons (Fsp3) is 0.0833. The number of methoxy groups -OCH3 is 2. The monoisotopic (exact) mass is 406 g/mol. The predicted molar refractivity (Wildman–Crippen MR) is 111 cm³/mol. The molecule has 3 aromatic carbocycles. The van der Waals surface area contributed by atoms with Crippen molar-refractivity contribution in [2.45, 2.75) is 0 Å². The lowest BCUT2D eigenvalue weighted by Crippen LogP contribution is -2.10. The smallest absolute Gasteiger partial charge is 0.346 e. The summed E-state index contributed by atoms with van der Waals surface area (Å²) in [4.78, 5) is 24.4. The van der Waals surface area contributed by atoms with Gasteiger partial charge in [0.05, 0.1) is 19.8 Å². The van der Waals surface area contributed by atoms with Crippen molar-refractivity contribution < 1.29 is 28.2 Å². The van der Waals surface area contributed by atoms with Crippen LogP contribution in [0, 0.1) is 5.82 Å². The first-order valence-corrected chi connectivity index (χ1v) is 9.03. The predicted octanol–water partition coefficient (Wildman–Crippen LogP) is 4.96. The van der Waals surface area contributed by atoms with Crippen LogP contribution in [0.4, 0.5) is 4.39 Å². The highest BCUT2D eigenvalue weighted by atomic mass is 19.1. The van der Waals surface area contributed by atoms with E-state index in [0.717, 1.165) is 5.56 Å². The molecule has 0 fully saturated rings. The van der Waals surface area contributed by atoms with Gasteiger partial charge in [-0.2, -0.15) is 0 Å². The van der Waals surface area contributed by atoms with E-state index in [0.29, 0.717) is 17.1 Å². The standard InChI is InChI=1S/C24H19FO5/c1-28-22-14-8-16(15-23(22)29-2)7-13-21(26)17-9-11-18(12-10-17)30-24(27)19-5-3-4-6-20(19)25/h3-15H,1-2H3/b13-7+. The molecule has 0 bridgehead atoms. The largest absolute Gasteiger partial charge is 0.493 e. The van der Waals surface area contributed by atoms with Crippen LogP contribution in [0.1, 0.15) is 26.3 Å². The van der Waals surface area contributed by atoms with Gasteiger partial charge in [0.1, 0.15) is 11.6 Å². The van der Waals surface area contributed by atoms with E-state index in [1.54, 1.807) is 37.5 Å². The van der Waals surface area contributed by atoms with E-state index in [1.165, 1.54) is 55.7 Å². The van der Waals surface area contributed by atoms with Crippen molar-refractivity contribution in [3.8, 4) is 17.2 Å². The molecule has 0 aromatic heterocycles. The lowest BCUT2D eigenvalue weighted by Gasteiger charge is -2.07. The van der Waals surface area contributed by atoms with Gasteiger partial charge in [-0.15, -0.1) is 0 Å². The molecule has 152 valence electrons. The molecule has 0 radical (unpaired) electrons. The normalized spacial score (nSPS) is 10.6. The van der Waals surface area contributed by atoms with E-state index in [2.05, 4.69) is 0 Å². The molecule has 0 unspecified atom stereocenters. The van der Waals surface area contributed by atoms with Gasteiger partial charge in [-0.05, 0) is 60.2 Å². The first kappa shape index (κ1) is 20.8. The van der Waals surface area contributed by atoms with Crippen LogP contribution in [0.25, 0.3) is 6.08 Å². The summed E-state index contributed by atoms with van der Waals surface area (Å²) in [5.74, 6) is -0.315. The lowest BCUT2D eigenvalue weighted by atomic mass is 10.1. The van der Waals surface area contributed by atoms with Crippen LogP contribution in [0.5, 0.6) is 17.2 Å². The molecule has 0 saturated carbocycles. The summed E-state index contributed by atoms with van der Waals surface area (Å²) in [7, 11) is 3.09. The molecule has 0 aliphatic heterocycles. The van der Waals surface area contributed by atoms with Crippen LogP contribution >= 0.6 is 0 Å². The Morgan fingerprint density at radius 2 is 1.57 bits per heavy atom. The molecule has 3 aromatic rings. The first-order valence-electron chi connectivity index (χ1n) is 9.03. The van der Waals surface area contributed by atoms with Gasteiger partial charge in [0.25, 0.3) is 0 Å². The molecule has 0 amide bonds. The van der Waals surface area contributed by atoms with Crippen molar-refractivity contribution in [3.63, 3.8) is 0 Å². The Kier molecular flexibility index (Phi) is 6.60. The Balaban J connectivity index is 1.67. The molecule has 0 N–H and O–H groups in total. The fourth-order valence-electron chi connectivity index (χ4n) is 2.70. The number of allylic oxidation sites excluding steroid dienone is 1. The quantitative estimate of drug-likeness (QED) is 0.240. The Hall–Kier alpha value is -3.93. The van der Waals surface area contributed by atoms with Crippen molar-refractivity contribution in [2.24, 2.45) is 0 Å². The minimum atomic E-state index is -0.805. The highest BCUT2D eigenvalue weighted by molar-refractivity contribution is 6.07. The van der Waals surface area contributed by atoms with Gasteiger partial charge < -0.3 is 14.2 Å². The Labute approximate surface area is 173 Å². The zero-order chi connectivity index (χ0) is 21.5. The highest BCUT2D eigenvalue weighted by Gasteiger charge is 2.13. The van der Waals surface area contributed by atoms with E-state index < -0.39 is 11.8 Å². The third-order valence-electron chi connectivity index (χ3n) is 4.28. The molecule has 0 aliphatic rings. The number of halogens is 1. The molecule has 0 atom stereocenters. The molecule has 0 spiro atoms. The second-order valence-corrected chi connectivity index (χ2v) is 6.21. The first-order chi connectivity index (χ1) is 14.5. The molecular weight excluding hydrogens is 387 g/mol. The van der Waals surface area contributed by atoms with Crippen molar-refractivity contribution in [3.05, 3.63) is 95.3 Å². The average Bonchev–Trinajstić information content (AvgIpc) is 2.78. The van der Waals surface area contributed by atoms with Crippen LogP contribution in [-0.2, 0) is 0 Å². The van der Waals surface area contributed by atoms with Crippen LogP contribution in [0.3, 0.4) is 0 Å². The number of ketones is 1. The van der Waals surface area contributed by atoms with E-state index in [9.17, 15) is 14.0 Å². The average molecular weight is 406 g/mol. The number of benzene rings is 3. The molecule has 30 heavy (non-hydrogen) atoms. The van der Waals surface area contributed by atoms with Gasteiger partial charge in [0.2, 0.25) is 0 Å². The summed E-state index contributed by atoms with van der Waals surface area (Å²) in [6.07, 6.45) is 3.10. The van der Waals surface area contributed by atoms with E-state index >= 15 is 0 Å². The maximum atomic E-state index is 13.7. The summed E-state index contributed by atoms with van der Waals surface area (Å²) in [6, 6.07) is 16.9. The summed E-state index contributed by atoms with van der Waals surface area (Å²) in [5.41, 5.74) is 1.03. The number of ether oxygens (including phenoxy) is 3. The fourth-order valence-corrected chi connectivity index (χ4v) is 2.70. The Morgan fingerprint density at radius 3 is 2.23 bits per heavy atom. The van der Waals surface area contributed by atoms with Crippen molar-refractivity contribution in [2.75, 3.05) is 14.2 Å². The lowest BCUT2D eigenvalue weighted by molar-refractivity contribution is 0.0730. The van der Waals surface area contributed by atoms with Crippen molar-refractivity contribution in [1.82, 2.24) is 0 Å². The molecule has 0 heterocycles. The maximum Gasteiger partial charge on any atom is 0.346 e. The maximum absolute atomic E-state index is 13.7. The third-order valence-corrected chi connectivity index (χ3v) is 4.28. The van der Waals surface area contributed by atoms with E-state index in [4.69, 9.17) is 14.2 Å². The summed E-state index contributed by atoms with van der Waals surface area (Å²) in [5, 5.41) is 0. The van der Waals surface area contributed by atoms with Crippen molar-refractivity contribution in [1.29, 1.82) is 0 Å². The molecule has 0 aliphatic carbocycles. The van der Waals surface area contributed by atoms with Crippen LogP contribution in [-0.4, -0.2) is 26.0 Å². The number of hydrogen-bond acceptors (Lipinski definition) is 5. The number of carbonyl (C=O) groups is 2. The summed E-state index contributed by atoms with van der Waals surface area (Å²) >= 11 is 0. The molecule has 3 rings (SSSR count). The van der Waals surface area contributed by atoms with Crippen molar-refractivity contribution >= 4 is 17.8 Å².